The van der Waals surface area contributed by atoms with E-state index < -0.39 is 0 Å². The van der Waals surface area contributed by atoms with E-state index in [-0.39, 0.29) is 16.7 Å². The molecule has 3 nitrogen and oxygen atoms in total. The fraction of sp³-hybridized carbons (Fsp3) is 0.213. The first-order chi connectivity index (χ1) is 31.4. The topological polar surface area (TPSA) is 38.9 Å². The molecule has 1 atom stereocenters. The van der Waals surface area contributed by atoms with Crippen molar-refractivity contribution in [2.75, 3.05) is 0 Å². The second-order valence-corrected chi connectivity index (χ2v) is 19.4. The van der Waals surface area contributed by atoms with Crippen molar-refractivity contribution in [1.82, 2.24) is 9.97 Å². The summed E-state index contributed by atoms with van der Waals surface area (Å²) < 4.78 is 6.29. The predicted molar refractivity (Wildman–Crippen MR) is 264 cm³/mol. The molecule has 310 valence electrons. The van der Waals surface area contributed by atoms with E-state index in [4.69, 9.17) is 14.4 Å². The summed E-state index contributed by atoms with van der Waals surface area (Å²) in [5, 5.41) is 2.26. The molecule has 0 bridgehead atoms. The molecule has 0 amide bonds. The maximum Gasteiger partial charge on any atom is 0.159 e. The lowest BCUT2D eigenvalue weighted by atomic mass is 9.67. The normalized spacial score (nSPS) is 18.8. The Morgan fingerprint density at radius 1 is 0.531 bits per heavy atom. The summed E-state index contributed by atoms with van der Waals surface area (Å²) in [5.74, 6) is 0.934. The average Bonchev–Trinajstić information content (AvgIpc) is 3.93. The number of aromatic nitrogens is 2. The molecular formula is C61H50N2O. The maximum atomic E-state index is 6.29. The lowest BCUT2D eigenvalue weighted by Crippen LogP contribution is -2.28. The summed E-state index contributed by atoms with van der Waals surface area (Å²) >= 11 is 0. The van der Waals surface area contributed by atoms with Gasteiger partial charge in [0, 0.05) is 38.7 Å². The Balaban J connectivity index is 0.799. The summed E-state index contributed by atoms with van der Waals surface area (Å²) in [7, 11) is 0. The van der Waals surface area contributed by atoms with Crippen LogP contribution in [-0.4, -0.2) is 9.97 Å². The lowest BCUT2D eigenvalue weighted by Gasteiger charge is -2.36. The molecule has 0 N–H and O–H groups in total. The summed E-state index contributed by atoms with van der Waals surface area (Å²) in [6.45, 7) is 4.82. The van der Waals surface area contributed by atoms with E-state index >= 15 is 0 Å². The van der Waals surface area contributed by atoms with Gasteiger partial charge in [-0.3, -0.25) is 0 Å². The Kier molecular flexibility index (Phi) is 8.45. The van der Waals surface area contributed by atoms with Crippen molar-refractivity contribution >= 4 is 33.1 Å². The number of hydrogen-bond donors (Lipinski definition) is 0. The number of benzene rings is 6. The average molecular weight is 827 g/mol. The van der Waals surface area contributed by atoms with Crippen LogP contribution < -0.4 is 0 Å². The third-order valence-corrected chi connectivity index (χ3v) is 15.5. The zero-order valence-electron chi connectivity index (χ0n) is 36.6. The van der Waals surface area contributed by atoms with Gasteiger partial charge in [-0.1, -0.05) is 154 Å². The van der Waals surface area contributed by atoms with E-state index in [9.17, 15) is 0 Å². The van der Waals surface area contributed by atoms with Gasteiger partial charge in [-0.05, 0) is 141 Å². The van der Waals surface area contributed by atoms with Crippen LogP contribution in [0.5, 0.6) is 0 Å². The molecule has 1 fully saturated rings. The Labute approximate surface area is 375 Å². The highest BCUT2D eigenvalue weighted by Gasteiger charge is 2.46. The van der Waals surface area contributed by atoms with Crippen LogP contribution >= 0.6 is 0 Å². The largest absolute Gasteiger partial charge is 0.456 e. The van der Waals surface area contributed by atoms with Gasteiger partial charge in [0.1, 0.15) is 11.2 Å². The Morgan fingerprint density at radius 3 is 2.12 bits per heavy atom. The Bertz CT molecular complexity index is 3360. The third kappa shape index (κ3) is 5.79. The highest BCUT2D eigenvalue weighted by Crippen LogP contribution is 2.60. The van der Waals surface area contributed by atoms with Crippen LogP contribution in [0.15, 0.2) is 168 Å². The zero-order chi connectivity index (χ0) is 42.6. The third-order valence-electron chi connectivity index (χ3n) is 15.5. The minimum absolute atomic E-state index is 0.0174. The fourth-order valence-electron chi connectivity index (χ4n) is 12.1. The maximum absolute atomic E-state index is 6.29. The fourth-order valence-corrected chi connectivity index (χ4v) is 12.1. The van der Waals surface area contributed by atoms with Gasteiger partial charge in [0.2, 0.25) is 0 Å². The van der Waals surface area contributed by atoms with Gasteiger partial charge in [0.15, 0.2) is 5.82 Å². The van der Waals surface area contributed by atoms with Crippen LogP contribution in [-0.2, 0) is 10.8 Å². The predicted octanol–water partition coefficient (Wildman–Crippen LogP) is 16.1. The number of allylic oxidation sites excluding steroid dienone is 8. The molecular weight excluding hydrogens is 777 g/mol. The molecule has 6 aromatic carbocycles. The van der Waals surface area contributed by atoms with Gasteiger partial charge in [0.25, 0.3) is 0 Å². The highest BCUT2D eigenvalue weighted by atomic mass is 16.3. The van der Waals surface area contributed by atoms with E-state index in [2.05, 4.69) is 166 Å². The smallest absolute Gasteiger partial charge is 0.159 e. The van der Waals surface area contributed by atoms with E-state index in [0.29, 0.717) is 0 Å². The number of furan rings is 1. The molecule has 3 heteroatoms. The summed E-state index contributed by atoms with van der Waals surface area (Å²) in [5.41, 5.74) is 22.8. The monoisotopic (exact) mass is 826 g/mol. The molecule has 5 aliphatic carbocycles. The van der Waals surface area contributed by atoms with Gasteiger partial charge in [-0.25, -0.2) is 9.97 Å². The standard InChI is InChI=1S/C61H50N2O/c1-60(2)51-17-9-7-15-45(51)49-36-54-50(35-53(49)60)48-33-43(28-30-52(48)61(54)31-11-4-12-32-61)40-21-19-38(20-22-40)39-23-25-41(26-24-39)55-37-56(63-59(62-55)42-13-5-3-6-14-42)44-27-29-47-46-16-8-10-18-57(46)64-58(47)34-44/h5,7-10,13-25,27-30,33-37,41H,3-4,6,11-12,26,31-32H2,1-2H3. The van der Waals surface area contributed by atoms with Crippen molar-refractivity contribution < 1.29 is 4.42 Å². The number of rotatable bonds is 5. The Morgan fingerprint density at radius 2 is 1.28 bits per heavy atom. The number of nitrogens with zero attached hydrogens (tertiary/aromatic N) is 2. The second-order valence-electron chi connectivity index (χ2n) is 19.4. The summed E-state index contributed by atoms with van der Waals surface area (Å²) in [4.78, 5) is 10.4. The molecule has 8 aromatic rings. The molecule has 64 heavy (non-hydrogen) atoms. The van der Waals surface area contributed by atoms with E-state index in [1.807, 2.05) is 12.1 Å². The first-order valence-corrected chi connectivity index (χ1v) is 23.5. The van der Waals surface area contributed by atoms with Gasteiger partial charge in [-0.2, -0.15) is 0 Å². The molecule has 2 heterocycles. The van der Waals surface area contributed by atoms with Crippen LogP contribution in [0.3, 0.4) is 0 Å². The molecule has 5 aliphatic rings. The van der Waals surface area contributed by atoms with Crippen LogP contribution in [0, 0.1) is 0 Å². The zero-order valence-corrected chi connectivity index (χ0v) is 36.6. The first kappa shape index (κ1) is 37.7. The lowest BCUT2D eigenvalue weighted by molar-refractivity contribution is 0.353. The number of fused-ring (bicyclic) bond motifs is 11. The van der Waals surface area contributed by atoms with Crippen molar-refractivity contribution in [2.45, 2.75) is 82.0 Å². The molecule has 2 aromatic heterocycles. The minimum Gasteiger partial charge on any atom is -0.456 e. The molecule has 1 saturated carbocycles. The van der Waals surface area contributed by atoms with E-state index in [0.717, 1.165) is 69.5 Å². The van der Waals surface area contributed by atoms with Gasteiger partial charge < -0.3 is 4.42 Å². The molecule has 1 unspecified atom stereocenters. The number of hydrogen-bond acceptors (Lipinski definition) is 3. The van der Waals surface area contributed by atoms with Gasteiger partial charge >= 0.3 is 0 Å². The number of para-hydroxylation sites is 1. The van der Waals surface area contributed by atoms with Crippen LogP contribution in [0.25, 0.3) is 77.7 Å². The quantitative estimate of drug-likeness (QED) is 0.173. The van der Waals surface area contributed by atoms with Crippen LogP contribution in [0.4, 0.5) is 0 Å². The second kappa shape index (κ2) is 14.3. The SMILES string of the molecule is CC1(C)c2ccccc2-c2cc3c(cc21)-c1cc(-c2ccc(C4=CCC(c5cc(-c6ccc7c(c6)oc6ccccc67)nc(C6=CCCC=C6)n5)C=C4)cc2)ccc1C31CCCCC1. The molecule has 13 rings (SSSR count). The molecule has 1 spiro atoms. The van der Waals surface area contributed by atoms with Crippen LogP contribution in [0.2, 0.25) is 0 Å². The van der Waals surface area contributed by atoms with Crippen LogP contribution in [0.1, 0.15) is 110 Å². The molecule has 0 radical (unpaired) electrons. The summed E-state index contributed by atoms with van der Waals surface area (Å²) in [6, 6.07) is 47.8. The van der Waals surface area contributed by atoms with Gasteiger partial charge in [0.05, 0.1) is 11.4 Å². The summed E-state index contributed by atoms with van der Waals surface area (Å²) in [6.07, 6.45) is 23.0. The van der Waals surface area contributed by atoms with Crippen molar-refractivity contribution in [3.05, 3.63) is 203 Å². The first-order valence-electron chi connectivity index (χ1n) is 23.5. The van der Waals surface area contributed by atoms with E-state index in [1.54, 1.807) is 11.1 Å². The minimum atomic E-state index is -0.0174. The molecule has 0 saturated heterocycles. The highest BCUT2D eigenvalue weighted by molar-refractivity contribution is 6.05. The van der Waals surface area contributed by atoms with Crippen molar-refractivity contribution in [3.63, 3.8) is 0 Å². The van der Waals surface area contributed by atoms with E-state index in [1.165, 1.54) is 87.7 Å². The van der Waals surface area contributed by atoms with Crippen molar-refractivity contribution in [3.8, 4) is 44.6 Å². The Hall–Kier alpha value is -6.84. The van der Waals surface area contributed by atoms with Crippen molar-refractivity contribution in [1.29, 1.82) is 0 Å². The van der Waals surface area contributed by atoms with Crippen molar-refractivity contribution in [2.24, 2.45) is 0 Å². The molecule has 0 aliphatic heterocycles. The van der Waals surface area contributed by atoms with Gasteiger partial charge in [-0.15, -0.1) is 0 Å².